The fourth-order valence-electron chi connectivity index (χ4n) is 0.862. The van der Waals surface area contributed by atoms with Gasteiger partial charge in [0.1, 0.15) is 6.10 Å². The van der Waals surface area contributed by atoms with E-state index in [-0.39, 0.29) is 6.10 Å². The minimum atomic E-state index is -0.519. The fourth-order valence-corrected chi connectivity index (χ4v) is 0.862. The van der Waals surface area contributed by atoms with Crippen molar-refractivity contribution in [2.75, 3.05) is 33.9 Å². The Morgan fingerprint density at radius 2 is 2.08 bits per heavy atom. The van der Waals surface area contributed by atoms with E-state index in [1.54, 1.807) is 7.11 Å². The molecule has 2 atom stereocenters. The first-order chi connectivity index (χ1) is 5.70. The summed E-state index contributed by atoms with van der Waals surface area (Å²) in [6, 6.07) is 0. The molecule has 0 aliphatic heterocycles. The van der Waals surface area contributed by atoms with Crippen LogP contribution in [0, 0.1) is 0 Å². The molecule has 0 aliphatic rings. The summed E-state index contributed by atoms with van der Waals surface area (Å²) in [4.78, 5) is 0. The van der Waals surface area contributed by atoms with Gasteiger partial charge in [0.2, 0.25) is 0 Å². The van der Waals surface area contributed by atoms with Gasteiger partial charge in [-0.1, -0.05) is 0 Å². The Kier molecular flexibility index (Phi) is 7.39. The van der Waals surface area contributed by atoms with E-state index in [4.69, 9.17) is 9.47 Å². The molecule has 0 heterocycles. The summed E-state index contributed by atoms with van der Waals surface area (Å²) < 4.78 is 10.1. The van der Waals surface area contributed by atoms with Crippen molar-refractivity contribution in [1.82, 2.24) is 5.32 Å². The molecule has 2 unspecified atom stereocenters. The van der Waals surface area contributed by atoms with Crippen molar-refractivity contribution in [3.8, 4) is 0 Å². The normalized spacial score (nSPS) is 16.0. The molecular weight excluding hydrogens is 158 g/mol. The van der Waals surface area contributed by atoms with Crippen molar-refractivity contribution in [1.29, 1.82) is 0 Å². The average molecular weight is 177 g/mol. The van der Waals surface area contributed by atoms with E-state index in [1.165, 1.54) is 0 Å². The Hall–Kier alpha value is -0.160. The number of rotatable bonds is 7. The van der Waals surface area contributed by atoms with Crippen molar-refractivity contribution in [2.45, 2.75) is 19.1 Å². The van der Waals surface area contributed by atoms with E-state index in [0.717, 1.165) is 6.54 Å². The van der Waals surface area contributed by atoms with Crippen molar-refractivity contribution < 1.29 is 14.6 Å². The third-order valence-corrected chi connectivity index (χ3v) is 1.42. The molecule has 0 aromatic rings. The molecule has 0 saturated carbocycles. The van der Waals surface area contributed by atoms with Gasteiger partial charge in [0.25, 0.3) is 0 Å². The van der Waals surface area contributed by atoms with Crippen LogP contribution < -0.4 is 5.32 Å². The van der Waals surface area contributed by atoms with Gasteiger partial charge in [0, 0.05) is 13.7 Å². The first-order valence-electron chi connectivity index (χ1n) is 4.14. The Morgan fingerprint density at radius 3 is 2.58 bits per heavy atom. The smallest absolute Gasteiger partial charge is 0.101 e. The maximum atomic E-state index is 9.20. The zero-order chi connectivity index (χ0) is 9.40. The number of nitrogens with one attached hydrogen (secondary N) is 1. The van der Waals surface area contributed by atoms with Gasteiger partial charge in [-0.3, -0.25) is 0 Å². The monoisotopic (exact) mass is 177 g/mol. The van der Waals surface area contributed by atoms with E-state index in [0.29, 0.717) is 13.2 Å². The molecule has 74 valence electrons. The van der Waals surface area contributed by atoms with Gasteiger partial charge < -0.3 is 19.9 Å². The largest absolute Gasteiger partial charge is 0.388 e. The Balaban J connectivity index is 3.27. The zero-order valence-corrected chi connectivity index (χ0v) is 8.04. The summed E-state index contributed by atoms with van der Waals surface area (Å²) in [6.45, 7) is 3.40. The molecule has 12 heavy (non-hydrogen) atoms. The quantitative estimate of drug-likeness (QED) is 0.556. The lowest BCUT2D eigenvalue weighted by Gasteiger charge is -2.15. The van der Waals surface area contributed by atoms with Crippen LogP contribution in [0.2, 0.25) is 0 Å². The number of ether oxygens (including phenoxy) is 2. The third kappa shape index (κ3) is 6.54. The van der Waals surface area contributed by atoms with E-state index in [1.807, 2.05) is 14.0 Å². The SMILES string of the molecule is CNCC(C)OCC(O)COC. The highest BCUT2D eigenvalue weighted by atomic mass is 16.5. The van der Waals surface area contributed by atoms with Crippen LogP contribution in [0.15, 0.2) is 0 Å². The summed E-state index contributed by atoms with van der Waals surface area (Å²) in [5.74, 6) is 0. The van der Waals surface area contributed by atoms with E-state index >= 15 is 0 Å². The standard InChI is InChI=1S/C8H19NO3/c1-7(4-9-2)12-6-8(10)5-11-3/h7-10H,4-6H2,1-3H3. The minimum Gasteiger partial charge on any atom is -0.388 e. The third-order valence-electron chi connectivity index (χ3n) is 1.42. The summed E-state index contributed by atoms with van der Waals surface area (Å²) in [6.07, 6.45) is -0.393. The molecule has 4 heteroatoms. The molecule has 0 saturated heterocycles. The number of likely N-dealkylation sites (N-methyl/N-ethyl adjacent to an activating group) is 1. The van der Waals surface area contributed by atoms with E-state index in [9.17, 15) is 5.11 Å². The molecule has 0 radical (unpaired) electrons. The maximum Gasteiger partial charge on any atom is 0.101 e. The molecule has 0 spiro atoms. The maximum absolute atomic E-state index is 9.20. The van der Waals surface area contributed by atoms with Crippen molar-refractivity contribution >= 4 is 0 Å². The molecule has 2 N–H and O–H groups in total. The van der Waals surface area contributed by atoms with Crippen LogP contribution in [0.25, 0.3) is 0 Å². The van der Waals surface area contributed by atoms with Crippen LogP contribution in [0.1, 0.15) is 6.92 Å². The predicted molar refractivity (Wildman–Crippen MR) is 47.2 cm³/mol. The van der Waals surface area contributed by atoms with Gasteiger partial charge in [0.05, 0.1) is 19.3 Å². The van der Waals surface area contributed by atoms with Crippen LogP contribution >= 0.6 is 0 Å². The molecule has 0 aliphatic carbocycles. The molecule has 0 amide bonds. The minimum absolute atomic E-state index is 0.126. The Labute approximate surface area is 73.9 Å². The summed E-state index contributed by atoms with van der Waals surface area (Å²) in [5, 5.41) is 12.2. The molecule has 0 fully saturated rings. The summed E-state index contributed by atoms with van der Waals surface area (Å²) in [7, 11) is 3.42. The van der Waals surface area contributed by atoms with Gasteiger partial charge in [-0.15, -0.1) is 0 Å². The topological polar surface area (TPSA) is 50.7 Å². The molecule has 0 aromatic carbocycles. The number of methoxy groups -OCH3 is 1. The number of hydrogen-bond donors (Lipinski definition) is 2. The predicted octanol–water partition coefficient (Wildman–Crippen LogP) is -0.382. The van der Waals surface area contributed by atoms with E-state index in [2.05, 4.69) is 5.32 Å². The number of aliphatic hydroxyl groups is 1. The van der Waals surface area contributed by atoms with Crippen LogP contribution in [-0.4, -0.2) is 51.2 Å². The average Bonchev–Trinajstić information content (AvgIpc) is 2.02. The highest BCUT2D eigenvalue weighted by Gasteiger charge is 2.06. The van der Waals surface area contributed by atoms with Crippen molar-refractivity contribution in [2.24, 2.45) is 0 Å². The lowest BCUT2D eigenvalue weighted by atomic mass is 10.4. The zero-order valence-electron chi connectivity index (χ0n) is 8.04. The fraction of sp³-hybridized carbons (Fsp3) is 1.00. The molecular formula is C8H19NO3. The second kappa shape index (κ2) is 7.49. The first kappa shape index (κ1) is 11.8. The first-order valence-corrected chi connectivity index (χ1v) is 4.14. The van der Waals surface area contributed by atoms with Crippen LogP contribution in [-0.2, 0) is 9.47 Å². The molecule has 0 aromatic heterocycles. The highest BCUT2D eigenvalue weighted by molar-refractivity contribution is 4.56. The van der Waals surface area contributed by atoms with Gasteiger partial charge in [-0.25, -0.2) is 0 Å². The van der Waals surface area contributed by atoms with Gasteiger partial charge in [-0.05, 0) is 14.0 Å². The lowest BCUT2D eigenvalue weighted by Crippen LogP contribution is -2.29. The number of hydrogen-bond acceptors (Lipinski definition) is 4. The second-order valence-electron chi connectivity index (χ2n) is 2.81. The van der Waals surface area contributed by atoms with Gasteiger partial charge in [0.15, 0.2) is 0 Å². The Morgan fingerprint density at radius 1 is 1.42 bits per heavy atom. The van der Waals surface area contributed by atoms with Crippen molar-refractivity contribution in [3.05, 3.63) is 0 Å². The van der Waals surface area contributed by atoms with Crippen molar-refractivity contribution in [3.63, 3.8) is 0 Å². The van der Waals surface area contributed by atoms with Crippen LogP contribution in [0.3, 0.4) is 0 Å². The van der Waals surface area contributed by atoms with Gasteiger partial charge in [-0.2, -0.15) is 0 Å². The van der Waals surface area contributed by atoms with Crippen LogP contribution in [0.4, 0.5) is 0 Å². The lowest BCUT2D eigenvalue weighted by molar-refractivity contribution is -0.0298. The number of aliphatic hydroxyl groups excluding tert-OH is 1. The van der Waals surface area contributed by atoms with Gasteiger partial charge >= 0.3 is 0 Å². The molecule has 4 nitrogen and oxygen atoms in total. The molecule has 0 bridgehead atoms. The highest BCUT2D eigenvalue weighted by Crippen LogP contribution is 1.92. The van der Waals surface area contributed by atoms with E-state index < -0.39 is 6.10 Å². The summed E-state index contributed by atoms with van der Waals surface area (Å²) in [5.41, 5.74) is 0. The Bertz CT molecular complexity index is 88.3. The molecule has 0 rings (SSSR count). The van der Waals surface area contributed by atoms with Crippen LogP contribution in [0.5, 0.6) is 0 Å². The second-order valence-corrected chi connectivity index (χ2v) is 2.81. The summed E-state index contributed by atoms with van der Waals surface area (Å²) >= 11 is 0.